The third kappa shape index (κ3) is 10.2. The second-order valence-corrected chi connectivity index (χ2v) is 15.7. The van der Waals surface area contributed by atoms with Crippen LogP contribution in [0.4, 0.5) is 11.4 Å². The van der Waals surface area contributed by atoms with Gasteiger partial charge in [-0.15, -0.1) is 0 Å². The van der Waals surface area contributed by atoms with Gasteiger partial charge in [-0.3, -0.25) is 29.0 Å². The number of benzene rings is 6. The number of isothiocyanates is 1. The van der Waals surface area contributed by atoms with Gasteiger partial charge in [0.2, 0.25) is 0 Å². The number of likely N-dealkylation sites (N-methyl/N-ethyl adjacent to an activating group) is 2. The lowest BCUT2D eigenvalue weighted by molar-refractivity contribution is 0.0587. The summed E-state index contributed by atoms with van der Waals surface area (Å²) < 4.78 is 0. The molecule has 8 rings (SSSR count). The van der Waals surface area contributed by atoms with Crippen molar-refractivity contribution in [3.05, 3.63) is 107 Å². The fourth-order valence-electron chi connectivity index (χ4n) is 7.52. The highest BCUT2D eigenvalue weighted by molar-refractivity contribution is 7.80. The van der Waals surface area contributed by atoms with Gasteiger partial charge in [0, 0.05) is 90.2 Å². The van der Waals surface area contributed by atoms with Crippen LogP contribution < -0.4 is 16.4 Å². The van der Waals surface area contributed by atoms with E-state index in [0.29, 0.717) is 76.5 Å². The third-order valence-electron chi connectivity index (χ3n) is 10.3. The van der Waals surface area contributed by atoms with Crippen molar-refractivity contribution in [1.29, 1.82) is 5.26 Å². The molecule has 2 aliphatic heterocycles. The lowest BCUT2D eigenvalue weighted by Gasteiger charge is -2.29. The number of nitrogens with zero attached hydrogens (tertiary/aromatic N) is 6. The molecule has 4 amide bonds. The molecule has 0 fully saturated rings. The predicted octanol–water partition coefficient (Wildman–Crippen LogP) is 7.83. The molecule has 4 N–H and O–H groups in total. The first kappa shape index (κ1) is 47.4. The Morgan fingerprint density at radius 3 is 1.56 bits per heavy atom. The highest BCUT2D eigenvalue weighted by atomic mass is 32.1. The Morgan fingerprint density at radius 2 is 1.13 bits per heavy atom. The molecule has 0 radical (unpaired) electrons. The van der Waals surface area contributed by atoms with Crippen molar-refractivity contribution in [2.75, 3.05) is 78.5 Å². The molecule has 324 valence electrons. The molecule has 6 aromatic rings. The van der Waals surface area contributed by atoms with E-state index in [9.17, 15) is 19.2 Å². The van der Waals surface area contributed by atoms with E-state index >= 15 is 0 Å². The summed E-state index contributed by atoms with van der Waals surface area (Å²) in [5.74, 6) is -1.01. The largest absolute Gasteiger partial charge is 0.398 e. The Labute approximate surface area is 378 Å². The number of aliphatic imine (C=N–C) groups is 1. The molecule has 6 aromatic carbocycles. The SMILES string of the molecule is CC#N.CCN=C=S.CCNC(=S)Nc1cccc2cc3cccc4c3c(c12)C(=O)N(CCN(C)C)C4=O.CN(C)CCN1C(=O)c2cccc3cc4cccc(N)c4c(c23)C1=O. The summed E-state index contributed by atoms with van der Waals surface area (Å²) in [5, 5.41) is 22.9. The van der Waals surface area contributed by atoms with E-state index in [4.69, 9.17) is 23.2 Å². The molecule has 0 saturated heterocycles. The van der Waals surface area contributed by atoms with E-state index in [1.807, 2.05) is 119 Å². The van der Waals surface area contributed by atoms with Crippen LogP contribution in [0.25, 0.3) is 43.1 Å². The monoisotopic (exact) mass is 881 g/mol. The molecule has 0 bridgehead atoms. The smallest absolute Gasteiger partial charge is 0.262 e. The van der Waals surface area contributed by atoms with Crippen molar-refractivity contribution in [3.8, 4) is 6.07 Å². The fraction of sp³-hybridized carbons (Fsp3) is 0.271. The van der Waals surface area contributed by atoms with E-state index in [-0.39, 0.29) is 23.6 Å². The van der Waals surface area contributed by atoms with Crippen molar-refractivity contribution in [1.82, 2.24) is 24.9 Å². The number of thiocarbonyl (C=S) groups is 2. The lowest BCUT2D eigenvalue weighted by Crippen LogP contribution is -2.43. The fourth-order valence-corrected chi connectivity index (χ4v) is 7.91. The summed E-state index contributed by atoms with van der Waals surface area (Å²) in [6.07, 6.45) is 0. The minimum atomic E-state index is -0.265. The number of nitrogen functional groups attached to an aromatic ring is 1. The zero-order chi connectivity index (χ0) is 46.0. The highest BCUT2D eigenvalue weighted by Gasteiger charge is 2.36. The Balaban J connectivity index is 0.000000205. The van der Waals surface area contributed by atoms with Crippen molar-refractivity contribution in [2.45, 2.75) is 20.8 Å². The van der Waals surface area contributed by atoms with Gasteiger partial charge in [-0.2, -0.15) is 5.26 Å². The van der Waals surface area contributed by atoms with Gasteiger partial charge in [0.25, 0.3) is 23.6 Å². The molecule has 2 aliphatic rings. The molecule has 0 spiro atoms. The van der Waals surface area contributed by atoms with Crippen LogP contribution in [0, 0.1) is 11.3 Å². The van der Waals surface area contributed by atoms with Crippen molar-refractivity contribution in [2.24, 2.45) is 4.99 Å². The summed E-state index contributed by atoms with van der Waals surface area (Å²) in [7, 11) is 7.68. The maximum atomic E-state index is 13.6. The first-order valence-electron chi connectivity index (χ1n) is 20.4. The number of nitriles is 1. The van der Waals surface area contributed by atoms with E-state index in [1.54, 1.807) is 24.3 Å². The number of anilines is 2. The Morgan fingerprint density at radius 1 is 0.698 bits per heavy atom. The van der Waals surface area contributed by atoms with Gasteiger partial charge in [0.1, 0.15) is 0 Å². The molecular formula is C48H51N9O4S2. The predicted molar refractivity (Wildman–Crippen MR) is 262 cm³/mol. The summed E-state index contributed by atoms with van der Waals surface area (Å²) in [4.78, 5) is 63.0. The minimum absolute atomic E-state index is 0.237. The van der Waals surface area contributed by atoms with Gasteiger partial charge >= 0.3 is 0 Å². The molecule has 15 heteroatoms. The second-order valence-electron chi connectivity index (χ2n) is 15.1. The van der Waals surface area contributed by atoms with Crippen molar-refractivity contribution >= 4 is 113 Å². The average molecular weight is 882 g/mol. The molecular weight excluding hydrogens is 831 g/mol. The number of nitrogens with two attached hydrogens (primary N) is 1. The molecule has 0 unspecified atom stereocenters. The lowest BCUT2D eigenvalue weighted by atomic mass is 9.89. The molecule has 0 aliphatic carbocycles. The molecule has 0 saturated carbocycles. The topological polar surface area (TPSA) is 167 Å². The summed E-state index contributed by atoms with van der Waals surface area (Å²) in [6.45, 7) is 8.67. The van der Waals surface area contributed by atoms with Crippen LogP contribution in [-0.2, 0) is 0 Å². The second kappa shape index (κ2) is 21.4. The summed E-state index contributed by atoms with van der Waals surface area (Å²) >= 11 is 9.61. The van der Waals surface area contributed by atoms with Gasteiger partial charge in [-0.05, 0) is 124 Å². The first-order valence-corrected chi connectivity index (χ1v) is 21.2. The highest BCUT2D eigenvalue weighted by Crippen LogP contribution is 2.40. The molecule has 13 nitrogen and oxygen atoms in total. The average Bonchev–Trinajstić information content (AvgIpc) is 3.24. The maximum Gasteiger partial charge on any atom is 0.262 e. The van der Waals surface area contributed by atoms with E-state index in [1.165, 1.54) is 16.7 Å². The van der Waals surface area contributed by atoms with E-state index in [0.717, 1.165) is 44.5 Å². The Hall–Kier alpha value is -6.66. The number of hydrogen-bond acceptors (Lipinski definition) is 11. The normalized spacial score (nSPS) is 12.6. The van der Waals surface area contributed by atoms with Crippen molar-refractivity contribution in [3.63, 3.8) is 0 Å². The standard InChI is InChI=1S/C23H24N4O2S.C20H19N3O2.C3H5NS.C2H3N/c1-4-24-23(30)25-17-10-6-8-15-13-14-7-5-9-16-18(14)20(19(15)17)22(29)27(21(16)28)12-11-26(2)3;1-22(2)9-10-23-19(24)14-7-3-5-12-11-13-6-4-8-15(21)17(13)18(16(12)14)20(23)25;1-2-4-3-5;1-2-3/h5-10,13H,4,11-12H2,1-3H3,(H2,24,25,30);3-8,11H,9-10,21H2,1-2H3;2H2,1H3;1H3. The first-order chi connectivity index (χ1) is 30.2. The molecule has 0 atom stereocenters. The zero-order valence-electron chi connectivity index (χ0n) is 36.5. The Bertz CT molecular complexity index is 2850. The van der Waals surface area contributed by atoms with Crippen LogP contribution in [0.3, 0.4) is 0 Å². The van der Waals surface area contributed by atoms with E-state index < -0.39 is 0 Å². The van der Waals surface area contributed by atoms with Gasteiger partial charge < -0.3 is 26.2 Å². The number of fused-ring (bicyclic) bond motifs is 4. The van der Waals surface area contributed by atoms with Crippen LogP contribution in [0.15, 0.2) is 89.9 Å². The van der Waals surface area contributed by atoms with Gasteiger partial charge in [-0.1, -0.05) is 48.5 Å². The third-order valence-corrected chi connectivity index (χ3v) is 10.6. The number of imide groups is 2. The maximum absolute atomic E-state index is 13.6. The number of nitrogens with one attached hydrogen (secondary N) is 2. The molecule has 2 heterocycles. The quantitative estimate of drug-likeness (QED) is 0.0424. The number of carbonyl (C=O) groups excluding carboxylic acids is 4. The Kier molecular flexibility index (Phi) is 16.1. The zero-order valence-corrected chi connectivity index (χ0v) is 38.2. The number of rotatable bonds is 9. The van der Waals surface area contributed by atoms with Crippen LogP contribution in [0.5, 0.6) is 0 Å². The van der Waals surface area contributed by atoms with E-state index in [2.05, 4.69) is 33.0 Å². The number of carbonyl (C=O) groups is 4. The van der Waals surface area contributed by atoms with Crippen molar-refractivity contribution < 1.29 is 19.2 Å². The van der Waals surface area contributed by atoms with Crippen LogP contribution >= 0.6 is 24.4 Å². The summed E-state index contributed by atoms with van der Waals surface area (Å²) in [6, 6.07) is 28.4. The van der Waals surface area contributed by atoms with Gasteiger partial charge in [0.05, 0.1) is 22.4 Å². The number of amides is 4. The van der Waals surface area contributed by atoms with Crippen LogP contribution in [-0.4, -0.2) is 121 Å². The summed E-state index contributed by atoms with van der Waals surface area (Å²) in [5.41, 5.74) is 9.73. The molecule has 63 heavy (non-hydrogen) atoms. The minimum Gasteiger partial charge on any atom is -0.398 e. The van der Waals surface area contributed by atoms with Gasteiger partial charge in [-0.25, -0.2) is 4.99 Å². The van der Waals surface area contributed by atoms with Crippen LogP contribution in [0.2, 0.25) is 0 Å². The number of hydrogen-bond donors (Lipinski definition) is 3. The molecule has 0 aromatic heterocycles. The van der Waals surface area contributed by atoms with Gasteiger partial charge in [0.15, 0.2) is 5.11 Å². The van der Waals surface area contributed by atoms with Crippen LogP contribution in [0.1, 0.15) is 62.2 Å².